The minimum absolute atomic E-state index is 0.487. The van der Waals surface area contributed by atoms with Gasteiger partial charge in [-0.2, -0.15) is 0 Å². The van der Waals surface area contributed by atoms with Crippen LogP contribution in [0.1, 0.15) is 23.2 Å². The first-order valence-corrected chi connectivity index (χ1v) is 8.49. The monoisotopic (exact) mass is 323 g/mol. The molecule has 0 saturated carbocycles. The summed E-state index contributed by atoms with van der Waals surface area (Å²) in [4.78, 5) is 11.1. The molecule has 1 aromatic heterocycles. The second-order valence-electron chi connectivity index (χ2n) is 6.19. The smallest absolute Gasteiger partial charge is 0.188 e. The molecule has 126 valence electrons. The Hall–Kier alpha value is -2.56. The fraction of sp³-hybridized carbons (Fsp3) is 0.368. The van der Waals surface area contributed by atoms with Gasteiger partial charge >= 0.3 is 0 Å². The molecule has 2 aromatic rings. The molecular formula is C19H25N5. The molecule has 1 aliphatic rings. The van der Waals surface area contributed by atoms with Gasteiger partial charge < -0.3 is 16.0 Å². The van der Waals surface area contributed by atoms with Gasteiger partial charge in [-0.1, -0.05) is 18.2 Å². The Kier molecular flexibility index (Phi) is 5.31. The summed E-state index contributed by atoms with van der Waals surface area (Å²) in [5.74, 6) is 0.487. The quantitative estimate of drug-likeness (QED) is 0.653. The molecule has 0 spiro atoms. The molecule has 0 atom stereocenters. The molecule has 0 amide bonds. The molecule has 0 fully saturated rings. The highest BCUT2D eigenvalue weighted by Crippen LogP contribution is 2.26. The van der Waals surface area contributed by atoms with Crippen molar-refractivity contribution in [3.63, 3.8) is 0 Å². The summed E-state index contributed by atoms with van der Waals surface area (Å²) in [6, 6.07) is 12.5. The number of aliphatic imine (C=N–C) groups is 1. The Labute approximate surface area is 143 Å². The van der Waals surface area contributed by atoms with Crippen LogP contribution in [0, 0.1) is 0 Å². The summed E-state index contributed by atoms with van der Waals surface area (Å²) in [5.41, 5.74) is 11.0. The summed E-state index contributed by atoms with van der Waals surface area (Å²) in [5, 5.41) is 3.15. The van der Waals surface area contributed by atoms with Crippen molar-refractivity contribution >= 4 is 11.6 Å². The number of fused-ring (bicyclic) bond motifs is 1. The van der Waals surface area contributed by atoms with Crippen molar-refractivity contribution in [3.05, 3.63) is 59.4 Å². The highest BCUT2D eigenvalue weighted by molar-refractivity contribution is 5.77. The molecule has 1 aromatic carbocycles. The zero-order valence-corrected chi connectivity index (χ0v) is 14.2. The lowest BCUT2D eigenvalue weighted by Crippen LogP contribution is -2.33. The van der Waals surface area contributed by atoms with E-state index in [9.17, 15) is 0 Å². The SMILES string of the molecule is CN1CCCc2cc(CN=C(N)NCCc3ccccn3)ccc21. The third-order valence-electron chi connectivity index (χ3n) is 4.34. The normalized spacial score (nSPS) is 14.4. The molecule has 3 rings (SSSR count). The maximum atomic E-state index is 5.96. The number of anilines is 1. The van der Waals surface area contributed by atoms with Gasteiger partial charge in [-0.05, 0) is 42.2 Å². The van der Waals surface area contributed by atoms with Crippen LogP contribution in [0.3, 0.4) is 0 Å². The van der Waals surface area contributed by atoms with Gasteiger partial charge in [0.15, 0.2) is 5.96 Å². The number of guanidine groups is 1. The number of hydrogen-bond donors (Lipinski definition) is 2. The van der Waals surface area contributed by atoms with E-state index in [-0.39, 0.29) is 0 Å². The second kappa shape index (κ2) is 7.81. The van der Waals surface area contributed by atoms with Crippen LogP contribution >= 0.6 is 0 Å². The second-order valence-corrected chi connectivity index (χ2v) is 6.19. The zero-order chi connectivity index (χ0) is 16.8. The molecule has 0 aliphatic carbocycles. The van der Waals surface area contributed by atoms with Crippen molar-refractivity contribution in [2.45, 2.75) is 25.8 Å². The van der Waals surface area contributed by atoms with Crippen molar-refractivity contribution in [1.29, 1.82) is 0 Å². The largest absolute Gasteiger partial charge is 0.374 e. The number of pyridine rings is 1. The average Bonchev–Trinajstić information content (AvgIpc) is 2.61. The molecule has 0 saturated heterocycles. The first kappa shape index (κ1) is 16.3. The predicted octanol–water partition coefficient (Wildman–Crippen LogP) is 2.11. The number of rotatable bonds is 5. The van der Waals surface area contributed by atoms with Crippen LogP contribution in [0.4, 0.5) is 5.69 Å². The molecule has 24 heavy (non-hydrogen) atoms. The van der Waals surface area contributed by atoms with Gasteiger partial charge in [-0.15, -0.1) is 0 Å². The molecular weight excluding hydrogens is 298 g/mol. The Morgan fingerprint density at radius 1 is 1.33 bits per heavy atom. The minimum Gasteiger partial charge on any atom is -0.374 e. The predicted molar refractivity (Wildman–Crippen MR) is 99.3 cm³/mol. The highest BCUT2D eigenvalue weighted by Gasteiger charge is 2.13. The minimum atomic E-state index is 0.487. The van der Waals surface area contributed by atoms with E-state index < -0.39 is 0 Å². The Morgan fingerprint density at radius 2 is 2.25 bits per heavy atom. The Morgan fingerprint density at radius 3 is 3.08 bits per heavy atom. The third kappa shape index (κ3) is 4.25. The molecule has 0 unspecified atom stereocenters. The van der Waals surface area contributed by atoms with Crippen molar-refractivity contribution in [2.75, 3.05) is 25.0 Å². The van der Waals surface area contributed by atoms with E-state index >= 15 is 0 Å². The van der Waals surface area contributed by atoms with Gasteiger partial charge in [-0.3, -0.25) is 4.98 Å². The van der Waals surface area contributed by atoms with Crippen LogP contribution in [0.5, 0.6) is 0 Å². The summed E-state index contributed by atoms with van der Waals surface area (Å²) in [7, 11) is 2.15. The summed E-state index contributed by atoms with van der Waals surface area (Å²) in [6.45, 7) is 2.48. The van der Waals surface area contributed by atoms with E-state index in [1.54, 1.807) is 6.20 Å². The van der Waals surface area contributed by atoms with Crippen LogP contribution in [0.25, 0.3) is 0 Å². The van der Waals surface area contributed by atoms with E-state index in [0.29, 0.717) is 12.5 Å². The standard InChI is InChI=1S/C19H25N5/c1-24-12-4-5-16-13-15(7-8-18(16)24)14-23-19(20)22-11-9-17-6-2-3-10-21-17/h2-3,6-8,10,13H,4-5,9,11-12,14H2,1H3,(H3,20,22,23). The molecule has 0 radical (unpaired) electrons. The zero-order valence-electron chi connectivity index (χ0n) is 14.2. The lowest BCUT2D eigenvalue weighted by Gasteiger charge is -2.27. The topological polar surface area (TPSA) is 66.5 Å². The van der Waals surface area contributed by atoms with E-state index in [1.807, 2.05) is 18.2 Å². The van der Waals surface area contributed by atoms with E-state index in [0.717, 1.165) is 31.6 Å². The van der Waals surface area contributed by atoms with Gasteiger partial charge in [0.05, 0.1) is 6.54 Å². The van der Waals surface area contributed by atoms with Gasteiger partial charge in [0.25, 0.3) is 0 Å². The maximum absolute atomic E-state index is 5.96. The highest BCUT2D eigenvalue weighted by atomic mass is 15.1. The van der Waals surface area contributed by atoms with Crippen molar-refractivity contribution in [3.8, 4) is 0 Å². The van der Waals surface area contributed by atoms with Crippen molar-refractivity contribution < 1.29 is 0 Å². The van der Waals surface area contributed by atoms with Crippen LogP contribution < -0.4 is 16.0 Å². The van der Waals surface area contributed by atoms with E-state index in [2.05, 4.69) is 45.4 Å². The van der Waals surface area contributed by atoms with Gasteiger partial charge in [-0.25, -0.2) is 4.99 Å². The van der Waals surface area contributed by atoms with Crippen LogP contribution in [-0.4, -0.2) is 31.1 Å². The summed E-state index contributed by atoms with van der Waals surface area (Å²) in [6.07, 6.45) is 5.00. The lowest BCUT2D eigenvalue weighted by atomic mass is 10.00. The van der Waals surface area contributed by atoms with E-state index in [1.165, 1.54) is 23.2 Å². The molecule has 5 nitrogen and oxygen atoms in total. The first-order valence-electron chi connectivity index (χ1n) is 8.49. The molecule has 3 N–H and O–H groups in total. The summed E-state index contributed by atoms with van der Waals surface area (Å²) < 4.78 is 0. The van der Waals surface area contributed by atoms with Crippen molar-refractivity contribution in [1.82, 2.24) is 10.3 Å². The molecule has 5 heteroatoms. The number of nitrogens with two attached hydrogens (primary N) is 1. The number of nitrogens with zero attached hydrogens (tertiary/aromatic N) is 3. The number of hydrogen-bond acceptors (Lipinski definition) is 3. The Bertz CT molecular complexity index is 696. The average molecular weight is 323 g/mol. The number of aryl methyl sites for hydroxylation is 1. The van der Waals surface area contributed by atoms with Gasteiger partial charge in [0.1, 0.15) is 0 Å². The Balaban J connectivity index is 1.51. The van der Waals surface area contributed by atoms with Crippen LogP contribution in [-0.2, 0) is 19.4 Å². The van der Waals surface area contributed by atoms with E-state index in [4.69, 9.17) is 5.73 Å². The summed E-state index contributed by atoms with van der Waals surface area (Å²) >= 11 is 0. The third-order valence-corrected chi connectivity index (χ3v) is 4.34. The van der Waals surface area contributed by atoms with Crippen LogP contribution in [0.2, 0.25) is 0 Å². The fourth-order valence-corrected chi connectivity index (χ4v) is 3.03. The number of aromatic nitrogens is 1. The molecule has 0 bridgehead atoms. The van der Waals surface area contributed by atoms with Gasteiger partial charge in [0, 0.05) is 44.1 Å². The number of benzene rings is 1. The molecule has 2 heterocycles. The van der Waals surface area contributed by atoms with Gasteiger partial charge in [0.2, 0.25) is 0 Å². The van der Waals surface area contributed by atoms with Crippen LogP contribution in [0.15, 0.2) is 47.6 Å². The fourth-order valence-electron chi connectivity index (χ4n) is 3.03. The molecule has 1 aliphatic heterocycles. The first-order chi connectivity index (χ1) is 11.7. The number of nitrogens with one attached hydrogen (secondary N) is 1. The van der Waals surface area contributed by atoms with Crippen molar-refractivity contribution in [2.24, 2.45) is 10.7 Å². The maximum Gasteiger partial charge on any atom is 0.188 e. The lowest BCUT2D eigenvalue weighted by molar-refractivity contribution is 0.742.